The summed E-state index contributed by atoms with van der Waals surface area (Å²) in [4.78, 5) is 4.30. The third kappa shape index (κ3) is 5.00. The van der Waals surface area contributed by atoms with Crippen LogP contribution in [0.3, 0.4) is 0 Å². The smallest absolute Gasteiger partial charge is 0.203 e. The van der Waals surface area contributed by atoms with Gasteiger partial charge in [0.1, 0.15) is 6.61 Å². The zero-order valence-corrected chi connectivity index (χ0v) is 15.2. The molecule has 1 aromatic carbocycles. The molecule has 24 heavy (non-hydrogen) atoms. The first-order valence-electron chi connectivity index (χ1n) is 8.41. The monoisotopic (exact) mass is 338 g/mol. The quantitative estimate of drug-likeness (QED) is 0.775. The van der Waals surface area contributed by atoms with Gasteiger partial charge in [-0.05, 0) is 45.6 Å². The highest BCUT2D eigenvalue weighted by molar-refractivity contribution is 5.51. The summed E-state index contributed by atoms with van der Waals surface area (Å²) in [5, 5.41) is 10.7. The van der Waals surface area contributed by atoms with Crippen LogP contribution >= 0.6 is 0 Å². The fraction of sp³-hybridized carbons (Fsp3) is 0.667. The van der Waals surface area contributed by atoms with Crippen LogP contribution in [0.4, 0.5) is 0 Å². The molecular formula is C18H30N2O4. The third-order valence-corrected chi connectivity index (χ3v) is 4.28. The van der Waals surface area contributed by atoms with Gasteiger partial charge in [0, 0.05) is 19.6 Å². The van der Waals surface area contributed by atoms with E-state index in [9.17, 15) is 5.11 Å². The highest BCUT2D eigenvalue weighted by atomic mass is 16.5. The van der Waals surface area contributed by atoms with Gasteiger partial charge in [-0.2, -0.15) is 0 Å². The first kappa shape index (κ1) is 18.8. The molecule has 0 aliphatic carbocycles. The number of rotatable bonds is 8. The van der Waals surface area contributed by atoms with Crippen molar-refractivity contribution in [3.8, 4) is 17.2 Å². The van der Waals surface area contributed by atoms with Gasteiger partial charge >= 0.3 is 0 Å². The number of aliphatic hydroxyl groups is 1. The fourth-order valence-electron chi connectivity index (χ4n) is 3.35. The van der Waals surface area contributed by atoms with Gasteiger partial charge in [-0.1, -0.05) is 6.07 Å². The molecule has 0 radical (unpaired) electrons. The Labute approximate surface area is 144 Å². The number of β-amino-alcohol motifs (C(OH)–C–C–N with tert-alkyl or cyclic N) is 1. The van der Waals surface area contributed by atoms with Crippen LogP contribution in [-0.4, -0.2) is 81.6 Å². The molecule has 1 saturated heterocycles. The van der Waals surface area contributed by atoms with Crippen molar-refractivity contribution in [1.29, 1.82) is 0 Å². The van der Waals surface area contributed by atoms with Gasteiger partial charge in [-0.25, -0.2) is 0 Å². The van der Waals surface area contributed by atoms with Crippen molar-refractivity contribution in [3.05, 3.63) is 18.2 Å². The summed E-state index contributed by atoms with van der Waals surface area (Å²) in [6, 6.07) is 5.58. The second-order valence-electron chi connectivity index (χ2n) is 6.68. The van der Waals surface area contributed by atoms with E-state index >= 15 is 0 Å². The summed E-state index contributed by atoms with van der Waals surface area (Å²) < 4.78 is 16.6. The molecule has 1 aromatic rings. The molecule has 1 aliphatic heterocycles. The number of para-hydroxylation sites is 1. The van der Waals surface area contributed by atoms with Crippen molar-refractivity contribution >= 4 is 0 Å². The molecule has 1 N–H and O–H groups in total. The van der Waals surface area contributed by atoms with Gasteiger partial charge in [0.2, 0.25) is 5.75 Å². The summed E-state index contributed by atoms with van der Waals surface area (Å²) in [5.41, 5.74) is -0.635. The van der Waals surface area contributed by atoms with Gasteiger partial charge in [0.05, 0.1) is 19.8 Å². The van der Waals surface area contributed by atoms with E-state index in [-0.39, 0.29) is 0 Å². The van der Waals surface area contributed by atoms with E-state index in [1.165, 1.54) is 0 Å². The van der Waals surface area contributed by atoms with Gasteiger partial charge in [-0.15, -0.1) is 0 Å². The lowest BCUT2D eigenvalue weighted by Gasteiger charge is -2.40. The summed E-state index contributed by atoms with van der Waals surface area (Å²) in [5.74, 6) is 1.96. The van der Waals surface area contributed by atoms with Crippen LogP contribution < -0.4 is 14.2 Å². The Balaban J connectivity index is 1.90. The number of benzene rings is 1. The summed E-state index contributed by atoms with van der Waals surface area (Å²) >= 11 is 0. The highest BCUT2D eigenvalue weighted by Gasteiger charge is 2.33. The number of ether oxygens (including phenoxy) is 3. The van der Waals surface area contributed by atoms with Crippen LogP contribution in [0, 0.1) is 0 Å². The van der Waals surface area contributed by atoms with Gasteiger partial charge in [-0.3, -0.25) is 4.90 Å². The average Bonchev–Trinajstić information content (AvgIpc) is 2.53. The van der Waals surface area contributed by atoms with E-state index in [4.69, 9.17) is 14.2 Å². The summed E-state index contributed by atoms with van der Waals surface area (Å²) in [7, 11) is 7.23. The van der Waals surface area contributed by atoms with E-state index in [0.29, 0.717) is 36.9 Å². The molecule has 1 aliphatic rings. The van der Waals surface area contributed by atoms with Crippen LogP contribution in [0.1, 0.15) is 12.8 Å². The Hall–Kier alpha value is -1.50. The van der Waals surface area contributed by atoms with Crippen molar-refractivity contribution in [2.24, 2.45) is 0 Å². The number of nitrogens with zero attached hydrogens (tertiary/aromatic N) is 2. The maximum Gasteiger partial charge on any atom is 0.203 e. The maximum absolute atomic E-state index is 10.7. The highest BCUT2D eigenvalue weighted by Crippen LogP contribution is 2.36. The molecule has 0 unspecified atom stereocenters. The largest absolute Gasteiger partial charge is 0.493 e. The number of piperidine rings is 1. The predicted octanol–water partition coefficient (Wildman–Crippen LogP) is 1.47. The zero-order chi connectivity index (χ0) is 17.6. The van der Waals surface area contributed by atoms with Crippen LogP contribution in [0.15, 0.2) is 18.2 Å². The maximum atomic E-state index is 10.7. The van der Waals surface area contributed by atoms with Crippen LogP contribution in [-0.2, 0) is 0 Å². The van der Waals surface area contributed by atoms with E-state index in [2.05, 4.69) is 4.90 Å². The summed E-state index contributed by atoms with van der Waals surface area (Å²) in [6.07, 6.45) is 1.85. The lowest BCUT2D eigenvalue weighted by atomic mass is 9.92. The minimum Gasteiger partial charge on any atom is -0.493 e. The Morgan fingerprint density at radius 3 is 2.46 bits per heavy atom. The number of hydrogen-bond donors (Lipinski definition) is 1. The SMILES string of the molecule is COc1cccc(OC)c1OCCN1CCC[C@](O)(CN(C)C)C1. The standard InChI is InChI=1S/C18H30N2O4/c1-19(2)13-18(21)9-6-10-20(14-18)11-12-24-17-15(22-3)7-5-8-16(17)23-4/h5,7-8,21H,6,9-14H2,1-4H3/t18-/m0/s1. The number of methoxy groups -OCH3 is 2. The predicted molar refractivity (Wildman–Crippen MR) is 94.2 cm³/mol. The van der Waals surface area contributed by atoms with Crippen molar-refractivity contribution in [3.63, 3.8) is 0 Å². The number of likely N-dealkylation sites (tertiary alicyclic amines) is 1. The van der Waals surface area contributed by atoms with Gasteiger partial charge < -0.3 is 24.2 Å². The second-order valence-corrected chi connectivity index (χ2v) is 6.68. The zero-order valence-electron chi connectivity index (χ0n) is 15.2. The molecule has 6 nitrogen and oxygen atoms in total. The van der Waals surface area contributed by atoms with Gasteiger partial charge in [0.25, 0.3) is 0 Å². The molecule has 0 aromatic heterocycles. The van der Waals surface area contributed by atoms with Crippen molar-refractivity contribution in [2.75, 3.05) is 61.1 Å². The molecule has 0 spiro atoms. The molecule has 1 atom stereocenters. The van der Waals surface area contributed by atoms with Crippen LogP contribution in [0.25, 0.3) is 0 Å². The van der Waals surface area contributed by atoms with E-state index in [1.54, 1.807) is 14.2 Å². The number of hydrogen-bond acceptors (Lipinski definition) is 6. The lowest BCUT2D eigenvalue weighted by molar-refractivity contribution is -0.0478. The minimum absolute atomic E-state index is 0.523. The molecule has 0 amide bonds. The third-order valence-electron chi connectivity index (χ3n) is 4.28. The van der Waals surface area contributed by atoms with Crippen molar-refractivity contribution in [2.45, 2.75) is 18.4 Å². The molecule has 0 saturated carbocycles. The average molecular weight is 338 g/mol. The molecular weight excluding hydrogens is 308 g/mol. The fourth-order valence-corrected chi connectivity index (χ4v) is 3.35. The molecule has 2 rings (SSSR count). The van der Waals surface area contributed by atoms with Crippen molar-refractivity contribution in [1.82, 2.24) is 9.80 Å². The van der Waals surface area contributed by atoms with E-state index in [0.717, 1.165) is 25.9 Å². The normalized spacial score (nSPS) is 21.8. The Morgan fingerprint density at radius 1 is 1.21 bits per heavy atom. The minimum atomic E-state index is -0.635. The van der Waals surface area contributed by atoms with E-state index in [1.807, 2.05) is 37.2 Å². The molecule has 0 bridgehead atoms. The number of likely N-dealkylation sites (N-methyl/N-ethyl adjacent to an activating group) is 1. The molecule has 136 valence electrons. The van der Waals surface area contributed by atoms with Crippen LogP contribution in [0.2, 0.25) is 0 Å². The van der Waals surface area contributed by atoms with E-state index < -0.39 is 5.60 Å². The van der Waals surface area contributed by atoms with Gasteiger partial charge in [0.15, 0.2) is 11.5 Å². The second kappa shape index (κ2) is 8.55. The van der Waals surface area contributed by atoms with Crippen molar-refractivity contribution < 1.29 is 19.3 Å². The Morgan fingerprint density at radius 2 is 1.88 bits per heavy atom. The lowest BCUT2D eigenvalue weighted by Crippen LogP contribution is -2.53. The molecule has 6 heteroatoms. The first-order valence-corrected chi connectivity index (χ1v) is 8.41. The topological polar surface area (TPSA) is 54.4 Å². The van der Waals surface area contributed by atoms with Crippen LogP contribution in [0.5, 0.6) is 17.2 Å². The summed E-state index contributed by atoms with van der Waals surface area (Å²) in [6.45, 7) is 3.64. The Bertz CT molecular complexity index is 501. The first-order chi connectivity index (χ1) is 11.5. The Kier molecular flexibility index (Phi) is 6.71. The molecule has 1 heterocycles. The molecule has 1 fully saturated rings.